The molecule has 0 radical (unpaired) electrons. The van der Waals surface area contributed by atoms with Crippen LogP contribution in [-0.4, -0.2) is 35.4 Å². The molecule has 0 saturated carbocycles. The highest BCUT2D eigenvalue weighted by Crippen LogP contribution is 2.29. The third kappa shape index (κ3) is 3.81. The summed E-state index contributed by atoms with van der Waals surface area (Å²) < 4.78 is 0. The van der Waals surface area contributed by atoms with Gasteiger partial charge in [-0.15, -0.1) is 0 Å². The normalized spacial score (nSPS) is 15.6. The van der Waals surface area contributed by atoms with E-state index in [9.17, 15) is 9.59 Å². The van der Waals surface area contributed by atoms with Gasteiger partial charge in [-0.2, -0.15) is 0 Å². The number of halogens is 1. The van der Waals surface area contributed by atoms with E-state index in [-0.39, 0.29) is 23.2 Å². The van der Waals surface area contributed by atoms with Crippen molar-refractivity contribution in [1.29, 1.82) is 0 Å². The van der Waals surface area contributed by atoms with E-state index in [1.54, 1.807) is 12.1 Å². The van der Waals surface area contributed by atoms with Crippen LogP contribution >= 0.6 is 11.6 Å². The minimum Gasteiger partial charge on any atom is -0.349 e. The van der Waals surface area contributed by atoms with Crippen molar-refractivity contribution < 1.29 is 4.79 Å². The van der Waals surface area contributed by atoms with Crippen molar-refractivity contribution in [3.05, 3.63) is 81.2 Å². The highest BCUT2D eigenvalue weighted by Gasteiger charge is 2.25. The highest BCUT2D eigenvalue weighted by atomic mass is 35.5. The molecule has 1 aliphatic heterocycles. The first kappa shape index (κ1) is 18.7. The molecule has 0 unspecified atom stereocenters. The lowest BCUT2D eigenvalue weighted by Crippen LogP contribution is -2.37. The van der Waals surface area contributed by atoms with Gasteiger partial charge in [-0.25, -0.2) is 0 Å². The van der Waals surface area contributed by atoms with Gasteiger partial charge >= 0.3 is 0 Å². The Bertz CT molecular complexity index is 1060. The second-order valence-electron chi connectivity index (χ2n) is 7.09. The molecule has 0 bridgehead atoms. The molecule has 0 spiro atoms. The van der Waals surface area contributed by atoms with Crippen LogP contribution in [0.5, 0.6) is 0 Å². The van der Waals surface area contributed by atoms with Crippen LogP contribution in [0, 0.1) is 0 Å². The number of amides is 1. The number of nitrogens with zero attached hydrogens (tertiary/aromatic N) is 1. The molecule has 28 heavy (non-hydrogen) atoms. The molecule has 1 atom stereocenters. The number of H-pyrrole nitrogens is 1. The smallest absolute Gasteiger partial charge is 0.267 e. The standard InChI is InChI=1S/C22H22ClN3O2/c23-18-10-4-3-9-17(18)20(26-11-5-6-12-26)14-24-22(28)19-13-15-7-1-2-8-16(15)21(27)25-19/h1-4,7-10,13,20H,5-6,11-12,14H2,(H,24,28)(H,25,27)/t20-/m1/s1. The molecule has 1 aromatic heterocycles. The van der Waals surface area contributed by atoms with Gasteiger partial charge in [0.15, 0.2) is 0 Å². The Hall–Kier alpha value is -2.63. The minimum atomic E-state index is -0.292. The van der Waals surface area contributed by atoms with Crippen LogP contribution in [0.25, 0.3) is 10.8 Å². The number of aromatic amines is 1. The number of pyridine rings is 1. The number of nitrogens with one attached hydrogen (secondary N) is 2. The summed E-state index contributed by atoms with van der Waals surface area (Å²) in [5, 5.41) is 5.01. The predicted molar refractivity (Wildman–Crippen MR) is 112 cm³/mol. The highest BCUT2D eigenvalue weighted by molar-refractivity contribution is 6.31. The Labute approximate surface area is 168 Å². The molecule has 1 aliphatic rings. The molecule has 1 fully saturated rings. The van der Waals surface area contributed by atoms with Gasteiger partial charge in [0.1, 0.15) is 5.69 Å². The first-order chi connectivity index (χ1) is 13.6. The van der Waals surface area contributed by atoms with Gasteiger partial charge in [0.05, 0.1) is 6.04 Å². The number of benzene rings is 2. The lowest BCUT2D eigenvalue weighted by Gasteiger charge is -2.29. The number of aromatic nitrogens is 1. The lowest BCUT2D eigenvalue weighted by atomic mass is 10.1. The predicted octanol–water partition coefficient (Wildman–Crippen LogP) is 3.75. The summed E-state index contributed by atoms with van der Waals surface area (Å²) in [6.07, 6.45) is 2.29. The molecule has 144 valence electrons. The van der Waals surface area contributed by atoms with Crippen molar-refractivity contribution in [2.45, 2.75) is 18.9 Å². The average Bonchev–Trinajstić information content (AvgIpc) is 3.24. The minimum absolute atomic E-state index is 0.00679. The van der Waals surface area contributed by atoms with E-state index in [0.717, 1.165) is 36.9 Å². The number of hydrogen-bond acceptors (Lipinski definition) is 3. The molecule has 2 N–H and O–H groups in total. The zero-order valence-corrected chi connectivity index (χ0v) is 16.2. The summed E-state index contributed by atoms with van der Waals surface area (Å²) in [4.78, 5) is 30.0. The maximum atomic E-state index is 12.7. The van der Waals surface area contributed by atoms with Crippen LogP contribution in [0.4, 0.5) is 0 Å². The summed E-state index contributed by atoms with van der Waals surface area (Å²) in [5.41, 5.74) is 1.02. The third-order valence-electron chi connectivity index (χ3n) is 5.30. The van der Waals surface area contributed by atoms with E-state index >= 15 is 0 Å². The maximum Gasteiger partial charge on any atom is 0.267 e. The second-order valence-corrected chi connectivity index (χ2v) is 7.50. The average molecular weight is 396 g/mol. The van der Waals surface area contributed by atoms with Crippen LogP contribution in [0.3, 0.4) is 0 Å². The molecule has 1 amide bonds. The molecule has 5 nitrogen and oxygen atoms in total. The largest absolute Gasteiger partial charge is 0.349 e. The van der Waals surface area contributed by atoms with E-state index in [2.05, 4.69) is 15.2 Å². The van der Waals surface area contributed by atoms with Gasteiger partial charge in [-0.05, 0) is 55.1 Å². The van der Waals surface area contributed by atoms with Crippen molar-refractivity contribution in [2.75, 3.05) is 19.6 Å². The van der Waals surface area contributed by atoms with Crippen molar-refractivity contribution >= 4 is 28.3 Å². The van der Waals surface area contributed by atoms with Crippen LogP contribution in [0.1, 0.15) is 34.9 Å². The van der Waals surface area contributed by atoms with Gasteiger partial charge in [-0.3, -0.25) is 14.5 Å². The number of rotatable bonds is 5. The van der Waals surface area contributed by atoms with Gasteiger partial charge in [0.2, 0.25) is 0 Å². The number of carbonyl (C=O) groups is 1. The molecule has 1 saturated heterocycles. The Kier molecular flexibility index (Phi) is 5.46. The zero-order valence-electron chi connectivity index (χ0n) is 15.5. The Morgan fingerprint density at radius 2 is 1.82 bits per heavy atom. The summed E-state index contributed by atoms with van der Waals surface area (Å²) in [7, 11) is 0. The van der Waals surface area contributed by atoms with Gasteiger partial charge < -0.3 is 10.3 Å². The Balaban J connectivity index is 1.56. The van der Waals surface area contributed by atoms with E-state index < -0.39 is 0 Å². The Morgan fingerprint density at radius 1 is 1.11 bits per heavy atom. The summed E-state index contributed by atoms with van der Waals surface area (Å²) >= 11 is 6.43. The van der Waals surface area contributed by atoms with Crippen molar-refractivity contribution in [1.82, 2.24) is 15.2 Å². The van der Waals surface area contributed by atoms with Crippen molar-refractivity contribution in [3.8, 4) is 0 Å². The van der Waals surface area contributed by atoms with E-state index in [1.165, 1.54) is 0 Å². The van der Waals surface area contributed by atoms with Gasteiger partial charge in [0, 0.05) is 17.0 Å². The monoisotopic (exact) mass is 395 g/mol. The molecule has 2 aromatic carbocycles. The number of fused-ring (bicyclic) bond motifs is 1. The van der Waals surface area contributed by atoms with Crippen molar-refractivity contribution in [2.24, 2.45) is 0 Å². The number of hydrogen-bond donors (Lipinski definition) is 2. The van der Waals surface area contributed by atoms with Gasteiger partial charge in [-0.1, -0.05) is 48.0 Å². The summed E-state index contributed by atoms with van der Waals surface area (Å²) in [5.74, 6) is -0.292. The van der Waals surface area contributed by atoms with Crippen LogP contribution < -0.4 is 10.9 Å². The number of carbonyl (C=O) groups excluding carboxylic acids is 1. The fourth-order valence-corrected chi connectivity index (χ4v) is 4.11. The van der Waals surface area contributed by atoms with Crippen molar-refractivity contribution in [3.63, 3.8) is 0 Å². The van der Waals surface area contributed by atoms with E-state index in [0.29, 0.717) is 17.0 Å². The summed E-state index contributed by atoms with van der Waals surface area (Å²) in [6, 6.07) is 16.7. The quantitative estimate of drug-likeness (QED) is 0.691. The van der Waals surface area contributed by atoms with Crippen LogP contribution in [-0.2, 0) is 0 Å². The maximum absolute atomic E-state index is 12.7. The Morgan fingerprint density at radius 3 is 2.61 bits per heavy atom. The molecular formula is C22H22ClN3O2. The molecule has 4 rings (SSSR count). The fourth-order valence-electron chi connectivity index (χ4n) is 3.85. The topological polar surface area (TPSA) is 65.2 Å². The molecule has 3 aromatic rings. The second kappa shape index (κ2) is 8.17. The third-order valence-corrected chi connectivity index (χ3v) is 5.64. The van der Waals surface area contributed by atoms with E-state index in [4.69, 9.17) is 11.6 Å². The van der Waals surface area contributed by atoms with Gasteiger partial charge in [0.25, 0.3) is 11.5 Å². The first-order valence-electron chi connectivity index (χ1n) is 9.52. The molecule has 6 heteroatoms. The van der Waals surface area contributed by atoms with E-state index in [1.807, 2.05) is 42.5 Å². The van der Waals surface area contributed by atoms with Crippen LogP contribution in [0.2, 0.25) is 5.02 Å². The molecule has 0 aliphatic carbocycles. The van der Waals surface area contributed by atoms with Crippen LogP contribution in [0.15, 0.2) is 59.4 Å². The zero-order chi connectivity index (χ0) is 19.5. The summed E-state index contributed by atoms with van der Waals surface area (Å²) in [6.45, 7) is 2.40. The lowest BCUT2D eigenvalue weighted by molar-refractivity contribution is 0.0933. The number of likely N-dealkylation sites (tertiary alicyclic amines) is 1. The fraction of sp³-hybridized carbons (Fsp3) is 0.273. The molecule has 2 heterocycles. The SMILES string of the molecule is O=C(NC[C@H](c1ccccc1Cl)N1CCCC1)c1cc2ccccc2c(=O)[nH]1. The first-order valence-corrected chi connectivity index (χ1v) is 9.90. The molecular weight excluding hydrogens is 374 g/mol.